The Labute approximate surface area is 157 Å². The third kappa shape index (κ3) is 3.37. The number of nitrogens with one attached hydrogen (secondary N) is 1. The van der Waals surface area contributed by atoms with Crippen LogP contribution >= 0.6 is 11.8 Å². The summed E-state index contributed by atoms with van der Waals surface area (Å²) < 4.78 is 29.0. The van der Waals surface area contributed by atoms with Crippen molar-refractivity contribution >= 4 is 50.0 Å². The molecule has 4 rings (SSSR count). The number of furan rings is 1. The summed E-state index contributed by atoms with van der Waals surface area (Å²) in [6.07, 6.45) is 4.60. The number of hydrogen-bond acceptors (Lipinski definition) is 7. The molecule has 3 heterocycles. The topological polar surface area (TPSA) is 132 Å². The SMILES string of the molecule is NS(=O)(=O)c1cccc(-c2cncc3cc(/C=C4/SC(=O)NC4=O)oc23)c1. The molecule has 0 spiro atoms. The number of fused-ring (bicyclic) bond motifs is 1. The molecule has 136 valence electrons. The van der Waals surface area contributed by atoms with Crippen molar-refractivity contribution in [1.82, 2.24) is 10.3 Å². The van der Waals surface area contributed by atoms with Gasteiger partial charge >= 0.3 is 0 Å². The zero-order valence-corrected chi connectivity index (χ0v) is 15.1. The molecule has 8 nitrogen and oxygen atoms in total. The van der Waals surface area contributed by atoms with Gasteiger partial charge in [0.1, 0.15) is 11.3 Å². The van der Waals surface area contributed by atoms with E-state index in [4.69, 9.17) is 9.56 Å². The number of aromatic nitrogens is 1. The van der Waals surface area contributed by atoms with Gasteiger partial charge in [0, 0.05) is 29.4 Å². The zero-order valence-electron chi connectivity index (χ0n) is 13.5. The van der Waals surface area contributed by atoms with Crippen LogP contribution in [0, 0.1) is 0 Å². The number of hydrogen-bond donors (Lipinski definition) is 2. The van der Waals surface area contributed by atoms with Gasteiger partial charge in [-0.1, -0.05) is 12.1 Å². The number of sulfonamides is 1. The molecule has 3 N–H and O–H groups in total. The van der Waals surface area contributed by atoms with E-state index >= 15 is 0 Å². The van der Waals surface area contributed by atoms with Crippen molar-refractivity contribution in [2.75, 3.05) is 0 Å². The summed E-state index contributed by atoms with van der Waals surface area (Å²) in [6.45, 7) is 0. The first-order valence-electron chi connectivity index (χ1n) is 7.57. The highest BCUT2D eigenvalue weighted by atomic mass is 32.2. The average Bonchev–Trinajstić information content (AvgIpc) is 3.16. The van der Waals surface area contributed by atoms with Crippen molar-refractivity contribution in [2.45, 2.75) is 4.90 Å². The molecular weight excluding hydrogens is 390 g/mol. The molecule has 1 aliphatic heterocycles. The second-order valence-electron chi connectivity index (χ2n) is 5.68. The standard InChI is InChI=1S/C17H11N3O5S2/c18-27(23,24)12-3-1-2-9(5-12)13-8-19-7-10-4-11(25-15(10)13)6-14-16(21)20-17(22)26-14/h1-8H,(H2,18,23,24)(H,20,21,22)/b14-6+. The summed E-state index contributed by atoms with van der Waals surface area (Å²) >= 11 is 0.789. The minimum Gasteiger partial charge on any atom is -0.456 e. The van der Waals surface area contributed by atoms with Crippen LogP contribution in [0.25, 0.3) is 28.2 Å². The summed E-state index contributed by atoms with van der Waals surface area (Å²) in [7, 11) is -3.85. The molecule has 0 bridgehead atoms. The average molecular weight is 401 g/mol. The maximum Gasteiger partial charge on any atom is 0.290 e. The van der Waals surface area contributed by atoms with E-state index in [2.05, 4.69) is 10.3 Å². The molecule has 0 radical (unpaired) electrons. The fourth-order valence-corrected chi connectivity index (χ4v) is 3.87. The van der Waals surface area contributed by atoms with Crippen molar-refractivity contribution in [3.8, 4) is 11.1 Å². The summed E-state index contributed by atoms with van der Waals surface area (Å²) in [4.78, 5) is 27.3. The molecule has 1 fully saturated rings. The molecule has 1 aliphatic rings. The Morgan fingerprint density at radius 2 is 2.00 bits per heavy atom. The maximum absolute atomic E-state index is 11.7. The number of imide groups is 1. The Morgan fingerprint density at radius 3 is 2.70 bits per heavy atom. The van der Waals surface area contributed by atoms with Gasteiger partial charge < -0.3 is 4.42 Å². The van der Waals surface area contributed by atoms with Crippen molar-refractivity contribution in [2.24, 2.45) is 5.14 Å². The quantitative estimate of drug-likeness (QED) is 0.644. The smallest absolute Gasteiger partial charge is 0.290 e. The predicted octanol–water partition coefficient (Wildman–Crippen LogP) is 2.47. The number of nitrogens with zero attached hydrogens (tertiary/aromatic N) is 1. The number of thioether (sulfide) groups is 1. The van der Waals surface area contributed by atoms with Gasteiger partial charge in [0.05, 0.1) is 9.80 Å². The molecule has 1 saturated heterocycles. The summed E-state index contributed by atoms with van der Waals surface area (Å²) in [5.41, 5.74) is 1.61. The molecule has 27 heavy (non-hydrogen) atoms. The lowest BCUT2D eigenvalue weighted by Gasteiger charge is -2.04. The van der Waals surface area contributed by atoms with Crippen LogP contribution in [0.1, 0.15) is 5.76 Å². The number of pyridine rings is 1. The van der Waals surface area contributed by atoms with Crippen LogP contribution in [0.2, 0.25) is 0 Å². The fourth-order valence-electron chi connectivity index (χ4n) is 2.65. The van der Waals surface area contributed by atoms with Crippen molar-refractivity contribution in [3.63, 3.8) is 0 Å². The van der Waals surface area contributed by atoms with Crippen LogP contribution in [-0.4, -0.2) is 24.5 Å². The van der Waals surface area contributed by atoms with Crippen LogP contribution in [0.4, 0.5) is 4.79 Å². The zero-order chi connectivity index (χ0) is 19.2. The van der Waals surface area contributed by atoms with Gasteiger partial charge in [-0.05, 0) is 35.5 Å². The Hall–Kier alpha value is -2.95. The van der Waals surface area contributed by atoms with Crippen molar-refractivity contribution < 1.29 is 22.4 Å². The first kappa shape index (κ1) is 17.5. The summed E-state index contributed by atoms with van der Waals surface area (Å²) in [6, 6.07) is 7.80. The van der Waals surface area contributed by atoms with Gasteiger partial charge in [-0.2, -0.15) is 0 Å². The molecular formula is C17H11N3O5S2. The van der Waals surface area contributed by atoms with E-state index in [0.717, 1.165) is 11.8 Å². The minimum absolute atomic E-state index is 0.0246. The van der Waals surface area contributed by atoms with Crippen molar-refractivity contribution in [3.05, 3.63) is 53.4 Å². The van der Waals surface area contributed by atoms with Gasteiger partial charge in [0.25, 0.3) is 11.1 Å². The van der Waals surface area contributed by atoms with E-state index in [1.54, 1.807) is 30.6 Å². The molecule has 1 aromatic carbocycles. The van der Waals surface area contributed by atoms with Crippen LogP contribution < -0.4 is 10.5 Å². The van der Waals surface area contributed by atoms with E-state index in [1.165, 1.54) is 18.2 Å². The normalized spacial score (nSPS) is 16.3. The number of nitrogens with two attached hydrogens (primary N) is 1. The fraction of sp³-hybridized carbons (Fsp3) is 0. The molecule has 0 aliphatic carbocycles. The van der Waals surface area contributed by atoms with Crippen LogP contribution in [-0.2, 0) is 14.8 Å². The highest BCUT2D eigenvalue weighted by molar-refractivity contribution is 8.18. The first-order chi connectivity index (χ1) is 12.8. The van der Waals surface area contributed by atoms with E-state index in [9.17, 15) is 18.0 Å². The first-order valence-corrected chi connectivity index (χ1v) is 9.93. The summed E-state index contributed by atoms with van der Waals surface area (Å²) in [5.74, 6) is -0.112. The molecule has 3 aromatic rings. The van der Waals surface area contributed by atoms with Crippen LogP contribution in [0.5, 0.6) is 0 Å². The number of amides is 2. The number of primary sulfonamides is 1. The molecule has 0 saturated carbocycles. The van der Waals surface area contributed by atoms with Gasteiger partial charge in [-0.3, -0.25) is 19.9 Å². The van der Waals surface area contributed by atoms with E-state index in [-0.39, 0.29) is 9.80 Å². The summed E-state index contributed by atoms with van der Waals surface area (Å²) in [5, 5.41) is 7.59. The maximum atomic E-state index is 11.7. The minimum atomic E-state index is -3.85. The molecule has 10 heteroatoms. The second-order valence-corrected chi connectivity index (χ2v) is 8.26. The molecule has 0 unspecified atom stereocenters. The van der Waals surface area contributed by atoms with Crippen LogP contribution in [0.15, 0.2) is 56.9 Å². The highest BCUT2D eigenvalue weighted by Crippen LogP contribution is 2.33. The number of benzene rings is 1. The third-order valence-electron chi connectivity index (χ3n) is 3.83. The van der Waals surface area contributed by atoms with E-state index < -0.39 is 21.2 Å². The Kier molecular flexibility index (Phi) is 4.10. The predicted molar refractivity (Wildman–Crippen MR) is 99.9 cm³/mol. The van der Waals surface area contributed by atoms with Gasteiger partial charge in [0.2, 0.25) is 10.0 Å². The third-order valence-corrected chi connectivity index (χ3v) is 5.55. The Balaban J connectivity index is 1.82. The second kappa shape index (κ2) is 6.34. The molecule has 0 atom stereocenters. The van der Waals surface area contributed by atoms with Gasteiger partial charge in [-0.15, -0.1) is 0 Å². The lowest BCUT2D eigenvalue weighted by Crippen LogP contribution is -2.17. The number of carbonyl (C=O) groups is 2. The van der Waals surface area contributed by atoms with Crippen LogP contribution in [0.3, 0.4) is 0 Å². The number of carbonyl (C=O) groups excluding carboxylic acids is 2. The monoisotopic (exact) mass is 401 g/mol. The van der Waals surface area contributed by atoms with Crippen molar-refractivity contribution in [1.29, 1.82) is 0 Å². The van der Waals surface area contributed by atoms with Gasteiger partial charge in [-0.25, -0.2) is 13.6 Å². The van der Waals surface area contributed by atoms with E-state index in [1.807, 2.05) is 0 Å². The highest BCUT2D eigenvalue weighted by Gasteiger charge is 2.25. The molecule has 2 amide bonds. The lowest BCUT2D eigenvalue weighted by atomic mass is 10.1. The van der Waals surface area contributed by atoms with Gasteiger partial charge in [0.15, 0.2) is 0 Å². The Morgan fingerprint density at radius 1 is 1.19 bits per heavy atom. The largest absolute Gasteiger partial charge is 0.456 e. The van der Waals surface area contributed by atoms with E-state index in [0.29, 0.717) is 27.9 Å². The Bertz CT molecular complexity index is 1240. The molecule has 2 aromatic heterocycles. The number of rotatable bonds is 3. The lowest BCUT2D eigenvalue weighted by molar-refractivity contribution is -0.115.